The monoisotopic (exact) mass is 267 g/mol. The molecule has 2 rings (SSSR count). The maximum Gasteiger partial charge on any atom is 0.137 e. The molecule has 0 bridgehead atoms. The predicted octanol–water partition coefficient (Wildman–Crippen LogP) is 3.51. The van der Waals surface area contributed by atoms with Gasteiger partial charge in [0.05, 0.1) is 5.02 Å². The molecule has 1 aromatic carbocycles. The molecule has 1 fully saturated rings. The second-order valence-corrected chi connectivity index (χ2v) is 5.81. The molecule has 1 aromatic rings. The summed E-state index contributed by atoms with van der Waals surface area (Å²) in [6, 6.07) is 0. The fraction of sp³-hybridized carbons (Fsp3) is 0.600. The van der Waals surface area contributed by atoms with E-state index in [2.05, 4.69) is 12.2 Å². The van der Waals surface area contributed by atoms with Crippen molar-refractivity contribution in [1.82, 2.24) is 5.32 Å². The molecule has 0 spiro atoms. The van der Waals surface area contributed by atoms with Crippen LogP contribution in [0.5, 0.6) is 5.75 Å². The Morgan fingerprint density at radius 2 is 1.94 bits per heavy atom. The van der Waals surface area contributed by atoms with E-state index in [-0.39, 0.29) is 5.75 Å². The maximum atomic E-state index is 9.95. The summed E-state index contributed by atoms with van der Waals surface area (Å²) < 4.78 is 0. The van der Waals surface area contributed by atoms with Gasteiger partial charge >= 0.3 is 0 Å². The first kappa shape index (κ1) is 13.7. The SMILES string of the molecule is Cc1c(C)c(CC2CCCNC2)c(C)c(Cl)c1O. The highest BCUT2D eigenvalue weighted by atomic mass is 35.5. The molecular weight excluding hydrogens is 246 g/mol. The van der Waals surface area contributed by atoms with Crippen molar-refractivity contribution in [2.45, 2.75) is 40.0 Å². The molecule has 100 valence electrons. The van der Waals surface area contributed by atoms with Gasteiger partial charge in [-0.25, -0.2) is 0 Å². The fourth-order valence-corrected chi connectivity index (χ4v) is 3.11. The smallest absolute Gasteiger partial charge is 0.137 e. The van der Waals surface area contributed by atoms with Gasteiger partial charge < -0.3 is 10.4 Å². The lowest BCUT2D eigenvalue weighted by atomic mass is 9.86. The fourth-order valence-electron chi connectivity index (χ4n) is 2.85. The zero-order valence-corrected chi connectivity index (χ0v) is 12.2. The van der Waals surface area contributed by atoms with Crippen molar-refractivity contribution in [3.05, 3.63) is 27.3 Å². The molecule has 3 heteroatoms. The zero-order valence-electron chi connectivity index (χ0n) is 11.4. The van der Waals surface area contributed by atoms with Crippen LogP contribution in [0.3, 0.4) is 0 Å². The van der Waals surface area contributed by atoms with Crippen LogP contribution < -0.4 is 5.32 Å². The number of piperidine rings is 1. The normalized spacial score (nSPS) is 20.1. The number of phenols is 1. The van der Waals surface area contributed by atoms with Gasteiger partial charge in [0.15, 0.2) is 0 Å². The molecule has 18 heavy (non-hydrogen) atoms. The van der Waals surface area contributed by atoms with E-state index in [4.69, 9.17) is 11.6 Å². The molecule has 1 unspecified atom stereocenters. The van der Waals surface area contributed by atoms with Gasteiger partial charge in [-0.1, -0.05) is 11.6 Å². The second kappa shape index (κ2) is 5.50. The Bertz CT molecular complexity index is 421. The van der Waals surface area contributed by atoms with Crippen molar-refractivity contribution >= 4 is 11.6 Å². The highest BCUT2D eigenvalue weighted by Gasteiger charge is 2.20. The lowest BCUT2D eigenvalue weighted by Crippen LogP contribution is -2.31. The maximum absolute atomic E-state index is 9.95. The number of hydrogen-bond acceptors (Lipinski definition) is 2. The minimum Gasteiger partial charge on any atom is -0.506 e. The Labute approximate surface area is 114 Å². The van der Waals surface area contributed by atoms with Crippen LogP contribution in [0.2, 0.25) is 5.02 Å². The molecule has 1 heterocycles. The van der Waals surface area contributed by atoms with Crippen LogP contribution in [0.1, 0.15) is 35.1 Å². The third-order valence-corrected chi connectivity index (χ3v) is 4.71. The first-order chi connectivity index (χ1) is 8.52. The highest BCUT2D eigenvalue weighted by molar-refractivity contribution is 6.33. The van der Waals surface area contributed by atoms with E-state index in [1.165, 1.54) is 24.0 Å². The third-order valence-electron chi connectivity index (χ3n) is 4.25. The van der Waals surface area contributed by atoms with Crippen LogP contribution >= 0.6 is 11.6 Å². The van der Waals surface area contributed by atoms with Crippen molar-refractivity contribution in [2.75, 3.05) is 13.1 Å². The zero-order chi connectivity index (χ0) is 13.3. The van der Waals surface area contributed by atoms with E-state index in [1.807, 2.05) is 13.8 Å². The number of benzene rings is 1. The Kier molecular flexibility index (Phi) is 4.18. The summed E-state index contributed by atoms with van der Waals surface area (Å²) in [6.07, 6.45) is 3.60. The van der Waals surface area contributed by atoms with Crippen LogP contribution in [0.15, 0.2) is 0 Å². The minimum absolute atomic E-state index is 0.247. The van der Waals surface area contributed by atoms with Crippen LogP contribution in [0.25, 0.3) is 0 Å². The Balaban J connectivity index is 2.32. The van der Waals surface area contributed by atoms with Gasteiger partial charge in [0.1, 0.15) is 5.75 Å². The molecule has 0 aliphatic carbocycles. The van der Waals surface area contributed by atoms with Crippen molar-refractivity contribution in [3.8, 4) is 5.75 Å². The molecule has 0 saturated carbocycles. The van der Waals surface area contributed by atoms with Gasteiger partial charge in [0, 0.05) is 0 Å². The summed E-state index contributed by atoms with van der Waals surface area (Å²) in [4.78, 5) is 0. The van der Waals surface area contributed by atoms with Crippen molar-refractivity contribution in [3.63, 3.8) is 0 Å². The van der Waals surface area contributed by atoms with Gasteiger partial charge in [-0.3, -0.25) is 0 Å². The van der Waals surface area contributed by atoms with Gasteiger partial charge in [0.25, 0.3) is 0 Å². The molecule has 1 saturated heterocycles. The van der Waals surface area contributed by atoms with Crippen LogP contribution in [0.4, 0.5) is 0 Å². The van der Waals surface area contributed by atoms with Crippen molar-refractivity contribution < 1.29 is 5.11 Å². The number of phenolic OH excluding ortho intramolecular Hbond substituents is 1. The Hall–Kier alpha value is -0.730. The second-order valence-electron chi connectivity index (χ2n) is 5.43. The number of nitrogens with one attached hydrogen (secondary N) is 1. The van der Waals surface area contributed by atoms with Crippen LogP contribution in [0, 0.1) is 26.7 Å². The van der Waals surface area contributed by atoms with E-state index in [0.717, 1.165) is 30.6 Å². The standard InChI is InChI=1S/C15H22ClNO/c1-9-10(2)15(18)14(16)11(3)13(9)7-12-5-4-6-17-8-12/h12,17-18H,4-8H2,1-3H3. The van der Waals surface area contributed by atoms with Crippen molar-refractivity contribution in [1.29, 1.82) is 0 Å². The van der Waals surface area contributed by atoms with E-state index in [1.54, 1.807) is 0 Å². The summed E-state index contributed by atoms with van der Waals surface area (Å²) >= 11 is 6.21. The van der Waals surface area contributed by atoms with E-state index in [9.17, 15) is 5.11 Å². The molecule has 2 nitrogen and oxygen atoms in total. The van der Waals surface area contributed by atoms with Gasteiger partial charge in [-0.15, -0.1) is 0 Å². The van der Waals surface area contributed by atoms with Crippen LogP contribution in [-0.4, -0.2) is 18.2 Å². The lowest BCUT2D eigenvalue weighted by Gasteiger charge is -2.25. The molecule has 1 aliphatic rings. The third kappa shape index (κ3) is 2.50. The van der Waals surface area contributed by atoms with E-state index in [0.29, 0.717) is 10.9 Å². The number of halogens is 1. The average molecular weight is 268 g/mol. The largest absolute Gasteiger partial charge is 0.506 e. The summed E-state index contributed by atoms with van der Waals surface area (Å²) in [5, 5.41) is 13.9. The molecule has 1 atom stereocenters. The Morgan fingerprint density at radius 1 is 1.22 bits per heavy atom. The average Bonchev–Trinajstić information content (AvgIpc) is 2.40. The Morgan fingerprint density at radius 3 is 2.56 bits per heavy atom. The molecular formula is C15H22ClNO. The van der Waals surface area contributed by atoms with Crippen molar-refractivity contribution in [2.24, 2.45) is 5.92 Å². The summed E-state index contributed by atoms with van der Waals surface area (Å²) in [5.41, 5.74) is 4.48. The minimum atomic E-state index is 0.247. The van der Waals surface area contributed by atoms with Gasteiger partial charge in [0.2, 0.25) is 0 Å². The molecule has 0 aromatic heterocycles. The summed E-state index contributed by atoms with van der Waals surface area (Å²) in [6.45, 7) is 8.28. The molecule has 0 amide bonds. The summed E-state index contributed by atoms with van der Waals surface area (Å²) in [5.74, 6) is 0.938. The van der Waals surface area contributed by atoms with Gasteiger partial charge in [-0.05, 0) is 81.3 Å². The molecule has 2 N–H and O–H groups in total. The van der Waals surface area contributed by atoms with Gasteiger partial charge in [-0.2, -0.15) is 0 Å². The van der Waals surface area contributed by atoms with E-state index < -0.39 is 0 Å². The predicted molar refractivity (Wildman–Crippen MR) is 76.6 cm³/mol. The molecule has 0 radical (unpaired) electrons. The quantitative estimate of drug-likeness (QED) is 0.859. The topological polar surface area (TPSA) is 32.3 Å². The number of rotatable bonds is 2. The highest BCUT2D eigenvalue weighted by Crippen LogP contribution is 2.37. The van der Waals surface area contributed by atoms with Crippen LogP contribution in [-0.2, 0) is 6.42 Å². The first-order valence-electron chi connectivity index (χ1n) is 6.70. The number of hydrogen-bond donors (Lipinski definition) is 2. The first-order valence-corrected chi connectivity index (χ1v) is 7.08. The number of aromatic hydroxyl groups is 1. The summed E-state index contributed by atoms with van der Waals surface area (Å²) in [7, 11) is 0. The van der Waals surface area contributed by atoms with E-state index >= 15 is 0 Å². The molecule has 1 aliphatic heterocycles. The lowest BCUT2D eigenvalue weighted by molar-refractivity contribution is 0.375.